The summed E-state index contributed by atoms with van der Waals surface area (Å²) in [5, 5.41) is 15.7. The first-order valence-corrected chi connectivity index (χ1v) is 10.3. The number of nitrogens with one attached hydrogen (secondary N) is 2. The number of hydrogen-bond donors (Lipinski definition) is 2. The number of guanidine groups is 1. The van der Waals surface area contributed by atoms with Crippen LogP contribution in [0.5, 0.6) is 0 Å². The Morgan fingerprint density at radius 1 is 1.14 bits per heavy atom. The van der Waals surface area contributed by atoms with Crippen molar-refractivity contribution < 1.29 is 0 Å². The van der Waals surface area contributed by atoms with Gasteiger partial charge >= 0.3 is 0 Å². The van der Waals surface area contributed by atoms with Crippen LogP contribution in [0.15, 0.2) is 53.8 Å². The molecule has 7 nitrogen and oxygen atoms in total. The minimum absolute atomic E-state index is 0.764. The molecule has 0 atom stereocenters. The molecule has 29 heavy (non-hydrogen) atoms. The van der Waals surface area contributed by atoms with Gasteiger partial charge in [0.25, 0.3) is 0 Å². The van der Waals surface area contributed by atoms with Gasteiger partial charge in [0, 0.05) is 38.1 Å². The third kappa shape index (κ3) is 6.20. The zero-order valence-electron chi connectivity index (χ0n) is 17.6. The van der Waals surface area contributed by atoms with Gasteiger partial charge in [-0.2, -0.15) is 10.2 Å². The first-order valence-electron chi connectivity index (χ1n) is 10.3. The maximum atomic E-state index is 4.68. The first kappa shape index (κ1) is 20.6. The normalized spacial score (nSPS) is 11.6. The fraction of sp³-hybridized carbons (Fsp3) is 0.409. The van der Waals surface area contributed by atoms with Crippen LogP contribution in [0.4, 0.5) is 0 Å². The van der Waals surface area contributed by atoms with Crippen molar-refractivity contribution in [2.45, 2.75) is 40.2 Å². The van der Waals surface area contributed by atoms with Gasteiger partial charge in [-0.15, -0.1) is 0 Å². The number of aromatic nitrogens is 4. The molecule has 0 amide bonds. The van der Waals surface area contributed by atoms with Crippen LogP contribution < -0.4 is 10.6 Å². The van der Waals surface area contributed by atoms with Crippen molar-refractivity contribution in [2.24, 2.45) is 4.99 Å². The Labute approximate surface area is 172 Å². The molecule has 1 aromatic carbocycles. The third-order valence-electron chi connectivity index (χ3n) is 4.61. The van der Waals surface area contributed by atoms with Crippen LogP contribution in [0.2, 0.25) is 0 Å². The summed E-state index contributed by atoms with van der Waals surface area (Å²) in [4.78, 5) is 4.68. The molecule has 0 aliphatic heterocycles. The van der Waals surface area contributed by atoms with E-state index in [1.165, 1.54) is 11.3 Å². The fourth-order valence-electron chi connectivity index (χ4n) is 3.19. The van der Waals surface area contributed by atoms with Crippen molar-refractivity contribution in [1.29, 1.82) is 0 Å². The predicted octanol–water partition coefficient (Wildman–Crippen LogP) is 2.87. The second kappa shape index (κ2) is 10.5. The van der Waals surface area contributed by atoms with Crippen molar-refractivity contribution in [1.82, 2.24) is 30.2 Å². The van der Waals surface area contributed by atoms with Crippen LogP contribution in [0.25, 0.3) is 5.69 Å². The molecule has 3 rings (SSSR count). The highest BCUT2D eigenvalue weighted by Gasteiger charge is 2.03. The van der Waals surface area contributed by atoms with E-state index in [1.807, 2.05) is 36.0 Å². The van der Waals surface area contributed by atoms with Gasteiger partial charge in [0.15, 0.2) is 5.96 Å². The number of aryl methyl sites for hydroxylation is 3. The predicted molar refractivity (Wildman–Crippen MR) is 118 cm³/mol. The van der Waals surface area contributed by atoms with Crippen LogP contribution in [-0.2, 0) is 13.0 Å². The monoisotopic (exact) mass is 393 g/mol. The largest absolute Gasteiger partial charge is 0.357 e. The fourth-order valence-corrected chi connectivity index (χ4v) is 3.19. The van der Waals surface area contributed by atoms with E-state index in [0.717, 1.165) is 56.4 Å². The van der Waals surface area contributed by atoms with Crippen molar-refractivity contribution in [3.05, 3.63) is 65.7 Å². The Bertz CT molecular complexity index is 908. The molecule has 7 heteroatoms. The van der Waals surface area contributed by atoms with Crippen LogP contribution in [0.3, 0.4) is 0 Å². The Morgan fingerprint density at radius 3 is 2.69 bits per heavy atom. The van der Waals surface area contributed by atoms with Gasteiger partial charge in [0.05, 0.1) is 17.6 Å². The highest BCUT2D eigenvalue weighted by atomic mass is 15.3. The lowest BCUT2D eigenvalue weighted by Crippen LogP contribution is -2.38. The Morgan fingerprint density at radius 2 is 1.97 bits per heavy atom. The average molecular weight is 394 g/mol. The van der Waals surface area contributed by atoms with Crippen LogP contribution >= 0.6 is 0 Å². The second-order valence-corrected chi connectivity index (χ2v) is 7.07. The molecule has 0 aliphatic rings. The number of aliphatic imine (C=N–C) groups is 1. The summed E-state index contributed by atoms with van der Waals surface area (Å²) >= 11 is 0. The van der Waals surface area contributed by atoms with Gasteiger partial charge in [-0.1, -0.05) is 18.2 Å². The molecule has 0 bridgehead atoms. The average Bonchev–Trinajstić information content (AvgIpc) is 3.32. The summed E-state index contributed by atoms with van der Waals surface area (Å²) in [6.07, 6.45) is 5.86. The van der Waals surface area contributed by atoms with Crippen molar-refractivity contribution in [2.75, 3.05) is 19.6 Å². The van der Waals surface area contributed by atoms with E-state index in [9.17, 15) is 0 Å². The van der Waals surface area contributed by atoms with Gasteiger partial charge in [-0.05, 0) is 57.4 Å². The quantitative estimate of drug-likeness (QED) is 0.333. The van der Waals surface area contributed by atoms with Crippen LogP contribution in [0.1, 0.15) is 30.3 Å². The van der Waals surface area contributed by atoms with Gasteiger partial charge in [-0.3, -0.25) is 9.67 Å². The standard InChI is InChI=1S/C22H31N7/c1-4-23-22(24-12-8-14-28-19(3)15-18(2)27-28)25-13-11-20-16-26-29(17-20)21-9-6-5-7-10-21/h5-7,9-10,15-17H,4,8,11-14H2,1-3H3,(H2,23,24,25). The van der Waals surface area contributed by atoms with Crippen LogP contribution in [-0.4, -0.2) is 45.2 Å². The molecule has 2 N–H and O–H groups in total. The SMILES string of the molecule is CCNC(=NCCCn1nc(C)cc1C)NCCc1cnn(-c2ccccc2)c1. The van der Waals surface area contributed by atoms with E-state index in [0.29, 0.717) is 0 Å². The molecular formula is C22H31N7. The van der Waals surface area contributed by atoms with Crippen molar-refractivity contribution in [3.63, 3.8) is 0 Å². The molecule has 0 spiro atoms. The van der Waals surface area contributed by atoms with E-state index in [-0.39, 0.29) is 0 Å². The lowest BCUT2D eigenvalue weighted by Gasteiger charge is -2.11. The summed E-state index contributed by atoms with van der Waals surface area (Å²) in [6, 6.07) is 12.3. The molecule has 0 saturated carbocycles. The van der Waals surface area contributed by atoms with Gasteiger partial charge in [-0.25, -0.2) is 4.68 Å². The maximum Gasteiger partial charge on any atom is 0.191 e. The number of rotatable bonds is 9. The molecule has 0 unspecified atom stereocenters. The molecule has 0 aliphatic carbocycles. The van der Waals surface area contributed by atoms with Gasteiger partial charge in [0.2, 0.25) is 0 Å². The summed E-state index contributed by atoms with van der Waals surface area (Å²) in [5.41, 5.74) is 4.54. The first-order chi connectivity index (χ1) is 14.2. The highest BCUT2D eigenvalue weighted by Crippen LogP contribution is 2.07. The Hall–Kier alpha value is -3.09. The molecule has 2 heterocycles. The number of hydrogen-bond acceptors (Lipinski definition) is 3. The van der Waals surface area contributed by atoms with Crippen molar-refractivity contribution >= 4 is 5.96 Å². The van der Waals surface area contributed by atoms with E-state index < -0.39 is 0 Å². The lowest BCUT2D eigenvalue weighted by atomic mass is 10.2. The molecule has 0 radical (unpaired) electrons. The Kier molecular flexibility index (Phi) is 7.44. The van der Waals surface area contributed by atoms with Gasteiger partial charge in [0.1, 0.15) is 0 Å². The van der Waals surface area contributed by atoms with E-state index in [4.69, 9.17) is 0 Å². The highest BCUT2D eigenvalue weighted by molar-refractivity contribution is 5.79. The summed E-state index contributed by atoms with van der Waals surface area (Å²) in [5.74, 6) is 0.858. The molecule has 154 valence electrons. The summed E-state index contributed by atoms with van der Waals surface area (Å²) in [7, 11) is 0. The third-order valence-corrected chi connectivity index (χ3v) is 4.61. The lowest BCUT2D eigenvalue weighted by molar-refractivity contribution is 0.567. The molecule has 0 saturated heterocycles. The zero-order valence-corrected chi connectivity index (χ0v) is 17.6. The number of nitrogens with zero attached hydrogens (tertiary/aromatic N) is 5. The Balaban J connectivity index is 1.45. The zero-order chi connectivity index (χ0) is 20.5. The molecular weight excluding hydrogens is 362 g/mol. The summed E-state index contributed by atoms with van der Waals surface area (Å²) < 4.78 is 3.96. The number of para-hydroxylation sites is 1. The minimum Gasteiger partial charge on any atom is -0.357 e. The van der Waals surface area contributed by atoms with E-state index in [2.05, 4.69) is 68.7 Å². The van der Waals surface area contributed by atoms with Gasteiger partial charge < -0.3 is 10.6 Å². The van der Waals surface area contributed by atoms with Crippen molar-refractivity contribution in [3.8, 4) is 5.69 Å². The topological polar surface area (TPSA) is 72.1 Å². The van der Waals surface area contributed by atoms with Crippen LogP contribution in [0, 0.1) is 13.8 Å². The second-order valence-electron chi connectivity index (χ2n) is 7.07. The minimum atomic E-state index is 0.764. The number of benzene rings is 1. The molecule has 0 fully saturated rings. The van der Waals surface area contributed by atoms with E-state index in [1.54, 1.807) is 0 Å². The molecule has 3 aromatic rings. The smallest absolute Gasteiger partial charge is 0.191 e. The maximum absolute atomic E-state index is 4.68. The van der Waals surface area contributed by atoms with E-state index >= 15 is 0 Å². The summed E-state index contributed by atoms with van der Waals surface area (Å²) in [6.45, 7) is 9.50. The molecule has 2 aromatic heterocycles.